The summed E-state index contributed by atoms with van der Waals surface area (Å²) in [5.74, 6) is -1.88. The SMILES string of the molecule is O=C(O)CCNC(=O)c1ccc2c(c1)=NC(=O)C1C=CSC=21. The van der Waals surface area contributed by atoms with E-state index >= 15 is 0 Å². The van der Waals surface area contributed by atoms with Gasteiger partial charge in [0.05, 0.1) is 17.7 Å². The Morgan fingerprint density at radius 3 is 2.95 bits per heavy atom. The summed E-state index contributed by atoms with van der Waals surface area (Å²) in [6.45, 7) is 0.0561. The Hall–Kier alpha value is -2.41. The minimum Gasteiger partial charge on any atom is -0.481 e. The predicted octanol–water partition coefficient (Wildman–Crippen LogP) is 0.0358. The van der Waals surface area contributed by atoms with E-state index in [-0.39, 0.29) is 30.7 Å². The highest BCUT2D eigenvalue weighted by Crippen LogP contribution is 2.35. The van der Waals surface area contributed by atoms with Crippen LogP contribution in [0.1, 0.15) is 16.8 Å². The van der Waals surface area contributed by atoms with Crippen LogP contribution in [0.4, 0.5) is 0 Å². The molecule has 112 valence electrons. The van der Waals surface area contributed by atoms with Gasteiger partial charge in [-0.05, 0) is 17.5 Å². The summed E-state index contributed by atoms with van der Waals surface area (Å²) in [5.41, 5.74) is 0.357. The summed E-state index contributed by atoms with van der Waals surface area (Å²) in [6.07, 6.45) is 1.68. The Morgan fingerprint density at radius 1 is 1.36 bits per heavy atom. The second-order valence-corrected chi connectivity index (χ2v) is 5.82. The first-order valence-electron chi connectivity index (χ1n) is 6.66. The molecule has 2 aliphatic rings. The van der Waals surface area contributed by atoms with Gasteiger partial charge in [0, 0.05) is 22.2 Å². The van der Waals surface area contributed by atoms with E-state index in [1.807, 2.05) is 11.5 Å². The molecule has 1 unspecified atom stereocenters. The molecular weight excluding hydrogens is 304 g/mol. The van der Waals surface area contributed by atoms with Crippen molar-refractivity contribution in [1.29, 1.82) is 0 Å². The first kappa shape index (κ1) is 14.5. The van der Waals surface area contributed by atoms with E-state index in [4.69, 9.17) is 5.11 Å². The molecule has 2 N–H and O–H groups in total. The highest BCUT2D eigenvalue weighted by atomic mass is 32.2. The van der Waals surface area contributed by atoms with Crippen molar-refractivity contribution in [3.63, 3.8) is 0 Å². The first-order chi connectivity index (χ1) is 10.6. The first-order valence-corrected chi connectivity index (χ1v) is 7.54. The molecule has 0 saturated carbocycles. The molecule has 1 aromatic rings. The highest BCUT2D eigenvalue weighted by molar-refractivity contribution is 8.10. The van der Waals surface area contributed by atoms with Gasteiger partial charge in [0.25, 0.3) is 11.8 Å². The van der Waals surface area contributed by atoms with Crippen LogP contribution < -0.4 is 15.9 Å². The Labute approximate surface area is 129 Å². The number of hydrogen-bond donors (Lipinski definition) is 2. The van der Waals surface area contributed by atoms with Crippen LogP contribution in [0, 0.1) is 5.92 Å². The van der Waals surface area contributed by atoms with Gasteiger partial charge in [-0.25, -0.2) is 4.99 Å². The fraction of sp³-hybridized carbons (Fsp3) is 0.200. The maximum Gasteiger partial charge on any atom is 0.305 e. The number of hydrogen-bond acceptors (Lipinski definition) is 4. The van der Waals surface area contributed by atoms with Crippen LogP contribution in [-0.2, 0) is 9.59 Å². The molecule has 0 bridgehead atoms. The van der Waals surface area contributed by atoms with E-state index in [9.17, 15) is 14.4 Å². The lowest BCUT2D eigenvalue weighted by molar-refractivity contribution is -0.136. The van der Waals surface area contributed by atoms with E-state index in [0.717, 1.165) is 10.1 Å². The van der Waals surface area contributed by atoms with Crippen LogP contribution >= 0.6 is 11.8 Å². The minimum atomic E-state index is -0.973. The van der Waals surface area contributed by atoms with Gasteiger partial charge in [-0.3, -0.25) is 14.4 Å². The Balaban J connectivity index is 1.89. The van der Waals surface area contributed by atoms with Crippen LogP contribution in [0.3, 0.4) is 0 Å². The molecule has 0 spiro atoms. The average molecular weight is 316 g/mol. The highest BCUT2D eigenvalue weighted by Gasteiger charge is 2.27. The van der Waals surface area contributed by atoms with Gasteiger partial charge >= 0.3 is 5.97 Å². The number of benzene rings is 1. The zero-order valence-corrected chi connectivity index (χ0v) is 12.2. The number of carbonyl (C=O) groups excluding carboxylic acids is 2. The molecule has 2 heterocycles. The maximum absolute atomic E-state index is 12.0. The van der Waals surface area contributed by atoms with E-state index < -0.39 is 5.97 Å². The number of aliphatic carboxylic acids is 1. The topological polar surface area (TPSA) is 95.8 Å². The van der Waals surface area contributed by atoms with Crippen LogP contribution in [0.15, 0.2) is 34.7 Å². The lowest BCUT2D eigenvalue weighted by Gasteiger charge is -2.12. The summed E-state index contributed by atoms with van der Waals surface area (Å²) in [5, 5.41) is 14.3. The molecule has 0 saturated heterocycles. The van der Waals surface area contributed by atoms with Crippen molar-refractivity contribution in [3.05, 3.63) is 45.8 Å². The normalized spacial score (nSPS) is 18.5. The molecular formula is C15H12N2O4S. The summed E-state index contributed by atoms with van der Waals surface area (Å²) >= 11 is 1.49. The summed E-state index contributed by atoms with van der Waals surface area (Å²) in [7, 11) is 0. The number of amides is 2. The van der Waals surface area contributed by atoms with Crippen LogP contribution in [-0.4, -0.2) is 29.4 Å². The summed E-state index contributed by atoms with van der Waals surface area (Å²) in [4.78, 5) is 39.3. The van der Waals surface area contributed by atoms with Crippen molar-refractivity contribution in [2.45, 2.75) is 6.42 Å². The molecule has 2 amide bonds. The third-order valence-electron chi connectivity index (χ3n) is 3.39. The monoisotopic (exact) mass is 316 g/mol. The smallest absolute Gasteiger partial charge is 0.305 e. The third kappa shape index (κ3) is 2.67. The quantitative estimate of drug-likeness (QED) is 0.817. The predicted molar refractivity (Wildman–Crippen MR) is 80.4 cm³/mol. The molecule has 2 aliphatic heterocycles. The minimum absolute atomic E-state index is 0.0561. The number of carbonyl (C=O) groups is 3. The van der Waals surface area contributed by atoms with Crippen molar-refractivity contribution >= 4 is 34.5 Å². The molecule has 0 aromatic heterocycles. The lowest BCUT2D eigenvalue weighted by Crippen LogP contribution is -2.37. The van der Waals surface area contributed by atoms with E-state index in [2.05, 4.69) is 10.3 Å². The number of fused-ring (bicyclic) bond motifs is 2. The second-order valence-electron chi connectivity index (χ2n) is 4.87. The van der Waals surface area contributed by atoms with Gasteiger partial charge in [0.1, 0.15) is 0 Å². The zero-order valence-electron chi connectivity index (χ0n) is 11.4. The molecule has 6 nitrogen and oxygen atoms in total. The number of rotatable bonds is 4. The van der Waals surface area contributed by atoms with Gasteiger partial charge in [0.2, 0.25) is 0 Å². The van der Waals surface area contributed by atoms with Crippen LogP contribution in [0.5, 0.6) is 0 Å². The molecule has 1 atom stereocenters. The molecule has 0 radical (unpaired) electrons. The summed E-state index contributed by atoms with van der Waals surface area (Å²) < 4.78 is 0. The fourth-order valence-corrected chi connectivity index (χ4v) is 3.33. The summed E-state index contributed by atoms with van der Waals surface area (Å²) in [6, 6.07) is 4.99. The van der Waals surface area contributed by atoms with Crippen molar-refractivity contribution in [2.24, 2.45) is 10.9 Å². The zero-order chi connectivity index (χ0) is 15.7. The van der Waals surface area contributed by atoms with Gasteiger partial charge in [-0.15, -0.1) is 11.8 Å². The number of carboxylic acids is 1. The molecule has 0 fully saturated rings. The van der Waals surface area contributed by atoms with Crippen LogP contribution in [0.2, 0.25) is 0 Å². The van der Waals surface area contributed by atoms with Crippen molar-refractivity contribution < 1.29 is 19.5 Å². The van der Waals surface area contributed by atoms with Crippen LogP contribution in [0.25, 0.3) is 4.91 Å². The number of thioether (sulfide) groups is 1. The standard InChI is InChI=1S/C15H12N2O4S/c18-12(19)3-5-16-14(20)8-1-2-9-11(7-8)17-15(21)10-4-6-22-13(9)10/h1-2,4,6-7,10H,3,5H2,(H,16,20)(H,18,19). The van der Waals surface area contributed by atoms with Crippen molar-refractivity contribution in [2.75, 3.05) is 6.54 Å². The van der Waals surface area contributed by atoms with Gasteiger partial charge in [-0.1, -0.05) is 12.1 Å². The largest absolute Gasteiger partial charge is 0.481 e. The fourth-order valence-electron chi connectivity index (χ4n) is 2.32. The lowest BCUT2D eigenvalue weighted by atomic mass is 10.0. The second kappa shape index (κ2) is 5.76. The number of carboxylic acid groups (broad SMARTS) is 1. The van der Waals surface area contributed by atoms with Gasteiger partial charge < -0.3 is 10.4 Å². The Kier molecular flexibility index (Phi) is 3.81. The number of nitrogens with zero attached hydrogens (tertiary/aromatic N) is 1. The van der Waals surface area contributed by atoms with E-state index in [1.54, 1.807) is 18.2 Å². The maximum atomic E-state index is 12.0. The molecule has 1 aromatic carbocycles. The molecule has 3 rings (SSSR count). The van der Waals surface area contributed by atoms with Crippen molar-refractivity contribution in [3.8, 4) is 0 Å². The van der Waals surface area contributed by atoms with E-state index in [0.29, 0.717) is 10.9 Å². The Morgan fingerprint density at radius 2 is 2.18 bits per heavy atom. The van der Waals surface area contributed by atoms with Crippen molar-refractivity contribution in [1.82, 2.24) is 5.32 Å². The average Bonchev–Trinajstić information content (AvgIpc) is 2.96. The van der Waals surface area contributed by atoms with E-state index in [1.165, 1.54) is 11.8 Å². The molecule has 0 aliphatic carbocycles. The van der Waals surface area contributed by atoms with Gasteiger partial charge in [-0.2, -0.15) is 0 Å². The molecule has 22 heavy (non-hydrogen) atoms. The number of nitrogens with one attached hydrogen (secondary N) is 1. The molecule has 7 heteroatoms. The third-order valence-corrected chi connectivity index (χ3v) is 4.42. The Bertz CT molecular complexity index is 828. The van der Waals surface area contributed by atoms with Gasteiger partial charge in [0.15, 0.2) is 0 Å².